The van der Waals surface area contributed by atoms with E-state index in [4.69, 9.17) is 0 Å². The van der Waals surface area contributed by atoms with Crippen LogP contribution in [-0.2, 0) is 19.6 Å². The molecule has 0 atom stereocenters. The highest BCUT2D eigenvalue weighted by Crippen LogP contribution is 2.24. The van der Waals surface area contributed by atoms with Crippen LogP contribution in [-0.4, -0.2) is 33.0 Å². The minimum atomic E-state index is -3.65. The van der Waals surface area contributed by atoms with E-state index in [0.29, 0.717) is 17.1 Å². The van der Waals surface area contributed by atoms with Crippen LogP contribution in [0.15, 0.2) is 42.5 Å². The molecular weight excluding hydrogens is 366 g/mol. The van der Waals surface area contributed by atoms with Gasteiger partial charge in [0.1, 0.15) is 6.54 Å². The summed E-state index contributed by atoms with van der Waals surface area (Å²) < 4.78 is 25.6. The molecule has 7 nitrogen and oxygen atoms in total. The van der Waals surface area contributed by atoms with Crippen LogP contribution in [0.2, 0.25) is 0 Å². The van der Waals surface area contributed by atoms with Gasteiger partial charge in [-0.3, -0.25) is 13.9 Å². The van der Waals surface area contributed by atoms with Crippen molar-refractivity contribution in [1.29, 1.82) is 0 Å². The van der Waals surface area contributed by atoms with Crippen LogP contribution in [0.1, 0.15) is 18.1 Å². The fourth-order valence-corrected chi connectivity index (χ4v) is 3.48. The van der Waals surface area contributed by atoms with Crippen LogP contribution in [0.25, 0.3) is 0 Å². The Morgan fingerprint density at radius 2 is 1.63 bits per heavy atom. The molecule has 27 heavy (non-hydrogen) atoms. The van der Waals surface area contributed by atoms with Crippen LogP contribution in [0.5, 0.6) is 0 Å². The summed E-state index contributed by atoms with van der Waals surface area (Å²) in [6.07, 6.45) is 1.07. The lowest BCUT2D eigenvalue weighted by Crippen LogP contribution is -2.37. The highest BCUT2D eigenvalue weighted by molar-refractivity contribution is 7.92. The van der Waals surface area contributed by atoms with E-state index in [0.717, 1.165) is 21.7 Å². The van der Waals surface area contributed by atoms with Crippen molar-refractivity contribution in [1.82, 2.24) is 0 Å². The summed E-state index contributed by atoms with van der Waals surface area (Å²) in [6.45, 7) is 4.69. The number of anilines is 3. The molecule has 0 bridgehead atoms. The third kappa shape index (κ3) is 5.82. The van der Waals surface area contributed by atoms with E-state index in [-0.39, 0.29) is 12.5 Å². The zero-order valence-corrected chi connectivity index (χ0v) is 16.6. The number of amides is 2. The maximum absolute atomic E-state index is 12.5. The number of carbonyl (C=O) groups excluding carboxylic acids is 2. The van der Waals surface area contributed by atoms with E-state index in [1.807, 2.05) is 19.1 Å². The van der Waals surface area contributed by atoms with Crippen LogP contribution in [0.4, 0.5) is 17.1 Å². The fraction of sp³-hybridized carbons (Fsp3) is 0.263. The van der Waals surface area contributed by atoms with Gasteiger partial charge in [0, 0.05) is 18.3 Å². The lowest BCUT2D eigenvalue weighted by Gasteiger charge is -2.24. The first kappa shape index (κ1) is 20.4. The lowest BCUT2D eigenvalue weighted by molar-refractivity contribution is -0.115. The van der Waals surface area contributed by atoms with Crippen LogP contribution >= 0.6 is 0 Å². The molecule has 0 unspecified atom stereocenters. The van der Waals surface area contributed by atoms with E-state index in [1.54, 1.807) is 37.3 Å². The average Bonchev–Trinajstić information content (AvgIpc) is 2.54. The van der Waals surface area contributed by atoms with Gasteiger partial charge in [0.2, 0.25) is 21.8 Å². The van der Waals surface area contributed by atoms with E-state index in [2.05, 4.69) is 10.6 Å². The van der Waals surface area contributed by atoms with Crippen molar-refractivity contribution in [3.05, 3.63) is 53.6 Å². The van der Waals surface area contributed by atoms with Gasteiger partial charge in [-0.1, -0.05) is 18.2 Å². The molecule has 8 heteroatoms. The first-order chi connectivity index (χ1) is 12.6. The molecule has 0 aliphatic carbocycles. The Labute approximate surface area is 159 Å². The highest BCUT2D eigenvalue weighted by Gasteiger charge is 2.22. The van der Waals surface area contributed by atoms with Crippen LogP contribution in [0.3, 0.4) is 0 Å². The number of nitrogens with one attached hydrogen (secondary N) is 2. The molecule has 0 radical (unpaired) electrons. The van der Waals surface area contributed by atoms with Gasteiger partial charge in [0.05, 0.1) is 11.9 Å². The second kappa shape index (κ2) is 8.22. The molecule has 0 aliphatic heterocycles. The number of benzene rings is 2. The SMILES string of the molecule is CC(=O)Nc1cccc(NC(=O)CN(c2cc(C)ccc2C)S(C)(=O)=O)c1. The number of carbonyl (C=O) groups is 2. The zero-order chi connectivity index (χ0) is 20.2. The van der Waals surface area contributed by atoms with Crippen molar-refractivity contribution in [3.63, 3.8) is 0 Å². The number of sulfonamides is 1. The minimum Gasteiger partial charge on any atom is -0.326 e. The molecule has 2 amide bonds. The van der Waals surface area contributed by atoms with Gasteiger partial charge < -0.3 is 10.6 Å². The molecule has 0 aliphatic rings. The van der Waals surface area contributed by atoms with Crippen molar-refractivity contribution in [2.24, 2.45) is 0 Å². The molecule has 0 saturated heterocycles. The molecule has 0 heterocycles. The Morgan fingerprint density at radius 3 is 2.22 bits per heavy atom. The van der Waals surface area contributed by atoms with Gasteiger partial charge in [0.15, 0.2) is 0 Å². The van der Waals surface area contributed by atoms with E-state index >= 15 is 0 Å². The Balaban J connectivity index is 2.22. The quantitative estimate of drug-likeness (QED) is 0.794. The van der Waals surface area contributed by atoms with Crippen molar-refractivity contribution in [3.8, 4) is 0 Å². The summed E-state index contributed by atoms with van der Waals surface area (Å²) >= 11 is 0. The number of hydrogen-bond donors (Lipinski definition) is 2. The average molecular weight is 389 g/mol. The second-order valence-electron chi connectivity index (χ2n) is 6.37. The number of rotatable bonds is 6. The van der Waals surface area contributed by atoms with Gasteiger partial charge in [-0.2, -0.15) is 0 Å². The normalized spacial score (nSPS) is 11.0. The summed E-state index contributed by atoms with van der Waals surface area (Å²) in [5, 5.41) is 5.29. The topological polar surface area (TPSA) is 95.6 Å². The van der Waals surface area contributed by atoms with Crippen LogP contribution < -0.4 is 14.9 Å². The monoisotopic (exact) mass is 389 g/mol. The Kier molecular flexibility index (Phi) is 6.22. The maximum atomic E-state index is 12.5. The van der Waals surface area contributed by atoms with Gasteiger partial charge in [-0.25, -0.2) is 8.42 Å². The molecule has 0 aromatic heterocycles. The standard InChI is InChI=1S/C19H23N3O4S/c1-13-8-9-14(2)18(10-13)22(27(4,25)26)12-19(24)21-17-7-5-6-16(11-17)20-15(3)23/h5-11H,12H2,1-4H3,(H,20,23)(H,21,24). The molecule has 2 aromatic carbocycles. The van der Waals surface area contributed by atoms with Crippen LogP contribution in [0, 0.1) is 13.8 Å². The molecule has 0 fully saturated rings. The summed E-state index contributed by atoms with van der Waals surface area (Å²) in [5.41, 5.74) is 3.12. The number of hydrogen-bond acceptors (Lipinski definition) is 4. The Morgan fingerprint density at radius 1 is 1.00 bits per heavy atom. The van der Waals surface area contributed by atoms with Gasteiger partial charge in [-0.15, -0.1) is 0 Å². The predicted molar refractivity (Wildman–Crippen MR) is 107 cm³/mol. The van der Waals surface area contributed by atoms with Crippen molar-refractivity contribution < 1.29 is 18.0 Å². The van der Waals surface area contributed by atoms with E-state index < -0.39 is 15.9 Å². The summed E-state index contributed by atoms with van der Waals surface area (Å²) in [5.74, 6) is -0.710. The van der Waals surface area contributed by atoms with Gasteiger partial charge in [0.25, 0.3) is 0 Å². The molecule has 0 spiro atoms. The molecule has 0 saturated carbocycles. The van der Waals surface area contributed by atoms with E-state index in [1.165, 1.54) is 6.92 Å². The van der Waals surface area contributed by atoms with Gasteiger partial charge in [-0.05, 0) is 49.2 Å². The molecule has 2 aromatic rings. The van der Waals surface area contributed by atoms with E-state index in [9.17, 15) is 18.0 Å². The fourth-order valence-electron chi connectivity index (χ4n) is 2.58. The smallest absolute Gasteiger partial charge is 0.245 e. The minimum absolute atomic E-state index is 0.225. The van der Waals surface area contributed by atoms with Crippen molar-refractivity contribution in [2.75, 3.05) is 27.7 Å². The van der Waals surface area contributed by atoms with Gasteiger partial charge >= 0.3 is 0 Å². The molecule has 2 rings (SSSR count). The van der Waals surface area contributed by atoms with Crippen molar-refractivity contribution >= 4 is 38.9 Å². The summed E-state index contributed by atoms with van der Waals surface area (Å²) in [4.78, 5) is 23.6. The summed E-state index contributed by atoms with van der Waals surface area (Å²) in [7, 11) is -3.65. The zero-order valence-electron chi connectivity index (χ0n) is 15.7. The number of aryl methyl sites for hydroxylation is 2. The third-order valence-corrected chi connectivity index (χ3v) is 4.91. The highest BCUT2D eigenvalue weighted by atomic mass is 32.2. The first-order valence-corrected chi connectivity index (χ1v) is 10.1. The predicted octanol–water partition coefficient (Wildman–Crippen LogP) is 2.67. The second-order valence-corrected chi connectivity index (χ2v) is 8.28. The molecular formula is C19H23N3O4S. The molecule has 144 valence electrons. The summed E-state index contributed by atoms with van der Waals surface area (Å²) in [6, 6.07) is 12.1. The van der Waals surface area contributed by atoms with Crippen molar-refractivity contribution in [2.45, 2.75) is 20.8 Å². The lowest BCUT2D eigenvalue weighted by atomic mass is 10.1. The Hall–Kier alpha value is -2.87. The largest absolute Gasteiger partial charge is 0.326 e. The Bertz CT molecular complexity index is 971. The third-order valence-electron chi connectivity index (χ3n) is 3.79. The molecule has 2 N–H and O–H groups in total. The maximum Gasteiger partial charge on any atom is 0.245 e. The first-order valence-electron chi connectivity index (χ1n) is 8.29. The number of nitrogens with zero attached hydrogens (tertiary/aromatic N) is 1.